The van der Waals surface area contributed by atoms with Crippen molar-refractivity contribution >= 4 is 11.8 Å². The predicted molar refractivity (Wildman–Crippen MR) is 149 cm³/mol. The highest BCUT2D eigenvalue weighted by molar-refractivity contribution is 6.04. The molecule has 2 aromatic carbocycles. The lowest BCUT2D eigenvalue weighted by Gasteiger charge is -2.37. The number of nitrogens with one attached hydrogen (secondary N) is 1. The molecule has 9 nitrogen and oxygen atoms in total. The van der Waals surface area contributed by atoms with Gasteiger partial charge in [-0.3, -0.25) is 4.79 Å². The summed E-state index contributed by atoms with van der Waals surface area (Å²) in [6, 6.07) is 10.6. The van der Waals surface area contributed by atoms with Crippen molar-refractivity contribution in [3.05, 3.63) is 70.1 Å². The molecule has 0 amide bonds. The van der Waals surface area contributed by atoms with Gasteiger partial charge >= 0.3 is 5.97 Å². The van der Waals surface area contributed by atoms with Crippen LogP contribution in [0.5, 0.6) is 23.0 Å². The molecule has 0 fully saturated rings. The number of ketones is 1. The predicted octanol–water partition coefficient (Wildman–Crippen LogP) is 4.75. The number of rotatable bonds is 10. The van der Waals surface area contributed by atoms with Gasteiger partial charge in [-0.25, -0.2) is 4.79 Å². The fraction of sp³-hybridized carbons (Fsp3) is 0.419. The molecular weight excluding hydrogens is 514 g/mol. The fourth-order valence-electron chi connectivity index (χ4n) is 5.36. The first-order valence-corrected chi connectivity index (χ1v) is 13.3. The number of hydrogen-bond donors (Lipinski definition) is 2. The summed E-state index contributed by atoms with van der Waals surface area (Å²) in [5, 5.41) is 13.6. The third kappa shape index (κ3) is 5.94. The second-order valence-corrected chi connectivity index (χ2v) is 10.1. The van der Waals surface area contributed by atoms with E-state index in [4.69, 9.17) is 23.7 Å². The number of hydrogen-bond acceptors (Lipinski definition) is 9. The lowest BCUT2D eigenvalue weighted by molar-refractivity contribution is -0.141. The van der Waals surface area contributed by atoms with Crippen molar-refractivity contribution in [2.24, 2.45) is 0 Å². The van der Waals surface area contributed by atoms with Gasteiger partial charge in [-0.1, -0.05) is 12.1 Å². The SMILES string of the molecule is COc1cc(C2C(C(=O)OCCOC(C)C)=C(C)NC3=C2C(=O)CC(c2ccc(OC)c(OC)c2)C3)ccc1O. The number of esters is 1. The van der Waals surface area contributed by atoms with Crippen LogP contribution in [0.3, 0.4) is 0 Å². The molecule has 2 aliphatic rings. The first kappa shape index (κ1) is 29.0. The van der Waals surface area contributed by atoms with Crippen LogP contribution in [-0.2, 0) is 19.1 Å². The van der Waals surface area contributed by atoms with Crippen LogP contribution in [0.25, 0.3) is 0 Å². The van der Waals surface area contributed by atoms with Crippen LogP contribution in [0.1, 0.15) is 56.6 Å². The lowest BCUT2D eigenvalue weighted by Crippen LogP contribution is -2.36. The van der Waals surface area contributed by atoms with Gasteiger partial charge in [0, 0.05) is 29.3 Å². The highest BCUT2D eigenvalue weighted by Crippen LogP contribution is 2.47. The molecule has 4 rings (SSSR count). The first-order valence-electron chi connectivity index (χ1n) is 13.3. The standard InChI is InChI=1S/C31H37NO8/c1-17(2)39-11-12-40-31(35)28-18(3)32-22-13-21(19-8-10-25(36-4)27(15-19)38-6)14-24(34)30(22)29(28)20-7-9-23(33)26(16-20)37-5/h7-10,15-17,21,29,32-33H,11-14H2,1-6H3. The Kier molecular flexibility index (Phi) is 9.04. The third-order valence-corrected chi connectivity index (χ3v) is 7.23. The van der Waals surface area contributed by atoms with Crippen LogP contribution in [0.2, 0.25) is 0 Å². The van der Waals surface area contributed by atoms with Crippen molar-refractivity contribution in [3.63, 3.8) is 0 Å². The number of carbonyl (C=O) groups excluding carboxylic acids is 2. The van der Waals surface area contributed by atoms with Crippen molar-refractivity contribution < 1.29 is 38.4 Å². The molecule has 2 aromatic rings. The zero-order chi connectivity index (χ0) is 29.0. The molecule has 1 aliphatic heterocycles. The number of ether oxygens (including phenoxy) is 5. The van der Waals surface area contributed by atoms with E-state index in [1.54, 1.807) is 33.3 Å². The minimum atomic E-state index is -0.692. The van der Waals surface area contributed by atoms with E-state index in [0.717, 1.165) is 11.3 Å². The number of carbonyl (C=O) groups is 2. The topological polar surface area (TPSA) is 113 Å². The number of methoxy groups -OCH3 is 3. The first-order chi connectivity index (χ1) is 19.2. The molecule has 2 atom stereocenters. The van der Waals surface area contributed by atoms with E-state index in [1.165, 1.54) is 13.2 Å². The molecule has 214 valence electrons. The highest BCUT2D eigenvalue weighted by Gasteiger charge is 2.41. The molecule has 2 N–H and O–H groups in total. The van der Waals surface area contributed by atoms with Crippen LogP contribution in [0.4, 0.5) is 0 Å². The Hall–Kier alpha value is -3.98. The van der Waals surface area contributed by atoms with Gasteiger partial charge in [0.25, 0.3) is 0 Å². The van der Waals surface area contributed by atoms with Crippen molar-refractivity contribution in [2.45, 2.75) is 51.6 Å². The maximum Gasteiger partial charge on any atom is 0.336 e. The average Bonchev–Trinajstić information content (AvgIpc) is 2.94. The summed E-state index contributed by atoms with van der Waals surface area (Å²) in [7, 11) is 4.62. The van der Waals surface area contributed by atoms with Gasteiger partial charge in [0.05, 0.1) is 39.6 Å². The van der Waals surface area contributed by atoms with Crippen LogP contribution >= 0.6 is 0 Å². The summed E-state index contributed by atoms with van der Waals surface area (Å²) in [5.74, 6) is 0.0360. The van der Waals surface area contributed by atoms with Crippen LogP contribution in [-0.4, -0.2) is 57.5 Å². The van der Waals surface area contributed by atoms with Gasteiger partial charge in [-0.2, -0.15) is 0 Å². The molecule has 0 aromatic heterocycles. The summed E-state index contributed by atoms with van der Waals surface area (Å²) >= 11 is 0. The largest absolute Gasteiger partial charge is 0.504 e. The van der Waals surface area contributed by atoms with E-state index in [1.807, 2.05) is 32.0 Å². The van der Waals surface area contributed by atoms with Crippen molar-refractivity contribution in [2.75, 3.05) is 34.5 Å². The van der Waals surface area contributed by atoms with Gasteiger partial charge in [0.1, 0.15) is 6.61 Å². The van der Waals surface area contributed by atoms with Gasteiger partial charge in [0.2, 0.25) is 0 Å². The molecule has 0 saturated carbocycles. The van der Waals surface area contributed by atoms with E-state index in [0.29, 0.717) is 40.3 Å². The number of aromatic hydroxyl groups is 1. The Morgan fingerprint density at radius 1 is 0.950 bits per heavy atom. The molecule has 1 heterocycles. The minimum Gasteiger partial charge on any atom is -0.504 e. The van der Waals surface area contributed by atoms with Crippen LogP contribution < -0.4 is 19.5 Å². The van der Waals surface area contributed by atoms with Gasteiger partial charge < -0.3 is 34.1 Å². The molecule has 0 radical (unpaired) electrons. The van der Waals surface area contributed by atoms with E-state index in [-0.39, 0.29) is 48.9 Å². The average molecular weight is 552 g/mol. The van der Waals surface area contributed by atoms with Gasteiger partial charge in [-0.15, -0.1) is 0 Å². The van der Waals surface area contributed by atoms with E-state index in [2.05, 4.69) is 5.32 Å². The number of Topliss-reactive ketones (excluding diaryl/α,β-unsaturated/α-hetero) is 1. The molecule has 2 unspecified atom stereocenters. The number of benzene rings is 2. The molecule has 1 aliphatic carbocycles. The Balaban J connectivity index is 1.73. The normalized spacial score (nSPS) is 18.8. The van der Waals surface area contributed by atoms with Gasteiger partial charge in [-0.05, 0) is 68.5 Å². The number of allylic oxidation sites excluding steroid dienone is 3. The highest BCUT2D eigenvalue weighted by atomic mass is 16.6. The summed E-state index contributed by atoms with van der Waals surface area (Å²) in [4.78, 5) is 27.3. The molecular formula is C31H37NO8. The molecule has 0 bridgehead atoms. The van der Waals surface area contributed by atoms with E-state index < -0.39 is 11.9 Å². The maximum absolute atomic E-state index is 13.9. The zero-order valence-electron chi connectivity index (χ0n) is 23.8. The maximum atomic E-state index is 13.9. The Morgan fingerprint density at radius 2 is 1.62 bits per heavy atom. The monoisotopic (exact) mass is 551 g/mol. The van der Waals surface area contributed by atoms with Crippen molar-refractivity contribution in [1.29, 1.82) is 0 Å². The smallest absolute Gasteiger partial charge is 0.336 e. The fourth-order valence-corrected chi connectivity index (χ4v) is 5.36. The second kappa shape index (κ2) is 12.5. The zero-order valence-corrected chi connectivity index (χ0v) is 23.8. The summed E-state index contributed by atoms with van der Waals surface area (Å²) < 4.78 is 27.3. The van der Waals surface area contributed by atoms with E-state index >= 15 is 0 Å². The third-order valence-electron chi connectivity index (χ3n) is 7.23. The Morgan fingerprint density at radius 3 is 2.30 bits per heavy atom. The molecule has 0 saturated heterocycles. The summed E-state index contributed by atoms with van der Waals surface area (Å²) in [6.07, 6.45) is 0.828. The van der Waals surface area contributed by atoms with Crippen LogP contribution in [0.15, 0.2) is 58.9 Å². The van der Waals surface area contributed by atoms with E-state index in [9.17, 15) is 14.7 Å². The van der Waals surface area contributed by atoms with Crippen molar-refractivity contribution in [3.8, 4) is 23.0 Å². The number of phenols is 1. The van der Waals surface area contributed by atoms with Crippen molar-refractivity contribution in [1.82, 2.24) is 5.32 Å². The molecule has 0 spiro atoms. The summed E-state index contributed by atoms with van der Waals surface area (Å²) in [6.45, 7) is 5.97. The number of phenolic OH excluding ortho intramolecular Hbond substituents is 1. The lowest BCUT2D eigenvalue weighted by atomic mass is 9.71. The summed E-state index contributed by atoms with van der Waals surface area (Å²) in [5.41, 5.74) is 3.82. The number of dihydropyridines is 1. The van der Waals surface area contributed by atoms with Gasteiger partial charge in [0.15, 0.2) is 28.8 Å². The second-order valence-electron chi connectivity index (χ2n) is 10.1. The Bertz CT molecular complexity index is 1340. The molecule has 40 heavy (non-hydrogen) atoms. The molecule has 9 heteroatoms. The quantitative estimate of drug-likeness (QED) is 0.319. The van der Waals surface area contributed by atoms with Crippen LogP contribution in [0, 0.1) is 0 Å². The Labute approximate surface area is 234 Å². The minimum absolute atomic E-state index is 0.0133.